The van der Waals surface area contributed by atoms with Crippen molar-refractivity contribution in [2.24, 2.45) is 5.41 Å². The maximum absolute atomic E-state index is 11.4. The van der Waals surface area contributed by atoms with Crippen molar-refractivity contribution >= 4 is 39.5 Å². The normalized spacial score (nSPS) is 20.1. The second-order valence-electron chi connectivity index (χ2n) is 12.5. The molecular weight excluding hydrogens is 566 g/mol. The molecule has 1 unspecified atom stereocenters. The lowest BCUT2D eigenvalue weighted by molar-refractivity contribution is -0.0775. The predicted molar refractivity (Wildman–Crippen MR) is 163 cm³/mol. The van der Waals surface area contributed by atoms with E-state index in [1.165, 1.54) is 4.90 Å². The summed E-state index contributed by atoms with van der Waals surface area (Å²) in [6.45, 7) is 6.08. The van der Waals surface area contributed by atoms with Gasteiger partial charge in [-0.2, -0.15) is 20.4 Å². The van der Waals surface area contributed by atoms with Gasteiger partial charge in [0.1, 0.15) is 5.69 Å². The molecule has 3 aromatic heterocycles. The molecule has 0 radical (unpaired) electrons. The summed E-state index contributed by atoms with van der Waals surface area (Å²) in [5.41, 5.74) is 7.63. The number of fused-ring (bicyclic) bond motifs is 2. The third-order valence-corrected chi connectivity index (χ3v) is 10.1. The highest BCUT2D eigenvalue weighted by Gasteiger charge is 2.55. The van der Waals surface area contributed by atoms with E-state index in [2.05, 4.69) is 33.9 Å². The maximum Gasteiger partial charge on any atom is 0.407 e. The Morgan fingerprint density at radius 2 is 1.93 bits per heavy atom. The highest BCUT2D eigenvalue weighted by atomic mass is 35.5. The third-order valence-electron chi connectivity index (χ3n) is 9.64. The maximum atomic E-state index is 11.4. The number of likely N-dealkylation sites (tertiary alicyclic amines) is 1. The lowest BCUT2D eigenvalue weighted by atomic mass is 9.61. The Labute approximate surface area is 253 Å². The molecule has 5 heterocycles. The standard InChI is InChI=1S/C32H32ClN7O3/c1-18-11-25-23(15-35-40(25)26-5-3-4-10-43-26)28(29(18)33)27-19(2)39(22-13-32(14-22)16-38(17-32)31(41)42)37-30(27)21-6-7-24-20(12-21)8-9-34-36-24/h6-9,11-12,15,22,26H,3-5,10,13-14,16-17H2,1-2H3,(H,41,42). The number of nitrogens with zero attached hydrogens (tertiary/aromatic N) is 7. The lowest BCUT2D eigenvalue weighted by Gasteiger charge is -2.58. The van der Waals surface area contributed by atoms with E-state index in [-0.39, 0.29) is 17.7 Å². The van der Waals surface area contributed by atoms with Gasteiger partial charge >= 0.3 is 6.09 Å². The summed E-state index contributed by atoms with van der Waals surface area (Å²) in [6, 6.07) is 10.4. The SMILES string of the molecule is Cc1cc2c(cnn2C2CCCCO2)c(-c2c(-c3ccc4nnccc4c3)nn(C3CC4(C3)CN(C(=O)O)C4)c2C)c1Cl. The summed E-state index contributed by atoms with van der Waals surface area (Å²) in [4.78, 5) is 12.9. The molecule has 2 aromatic carbocycles. The van der Waals surface area contributed by atoms with Gasteiger partial charge < -0.3 is 14.7 Å². The van der Waals surface area contributed by atoms with Crippen LogP contribution >= 0.6 is 11.6 Å². The van der Waals surface area contributed by atoms with Gasteiger partial charge in [-0.05, 0) is 75.8 Å². The minimum atomic E-state index is -0.841. The van der Waals surface area contributed by atoms with Crippen LogP contribution in [0.3, 0.4) is 0 Å². The zero-order valence-corrected chi connectivity index (χ0v) is 24.9. The Bertz CT molecular complexity index is 1910. The van der Waals surface area contributed by atoms with E-state index < -0.39 is 6.09 Å². The van der Waals surface area contributed by atoms with Gasteiger partial charge in [-0.25, -0.2) is 9.48 Å². The van der Waals surface area contributed by atoms with E-state index in [1.54, 1.807) is 6.20 Å². The van der Waals surface area contributed by atoms with E-state index in [1.807, 2.05) is 36.0 Å². The number of aryl methyl sites for hydroxylation is 1. The number of ether oxygens (including phenoxy) is 1. The Hall–Kier alpha value is -4.02. The van der Waals surface area contributed by atoms with Crippen molar-refractivity contribution in [1.82, 2.24) is 34.7 Å². The number of carboxylic acid groups (broad SMARTS) is 1. The molecule has 0 bridgehead atoms. The molecule has 1 spiro atoms. The Balaban J connectivity index is 1.29. The zero-order chi connectivity index (χ0) is 29.5. The van der Waals surface area contributed by atoms with E-state index in [4.69, 9.17) is 26.5 Å². The molecular formula is C32H32ClN7O3. The molecule has 1 amide bonds. The first-order valence-corrected chi connectivity index (χ1v) is 15.3. The molecule has 1 aliphatic carbocycles. The topological polar surface area (TPSA) is 111 Å². The van der Waals surface area contributed by atoms with E-state index >= 15 is 0 Å². The smallest absolute Gasteiger partial charge is 0.407 e. The molecule has 220 valence electrons. The summed E-state index contributed by atoms with van der Waals surface area (Å²) in [5, 5.41) is 30.4. The Morgan fingerprint density at radius 3 is 2.70 bits per heavy atom. The molecule has 2 aliphatic heterocycles. The van der Waals surface area contributed by atoms with E-state index in [9.17, 15) is 9.90 Å². The number of hydrogen-bond donors (Lipinski definition) is 1. The lowest BCUT2D eigenvalue weighted by Crippen LogP contribution is -2.63. The second-order valence-corrected chi connectivity index (χ2v) is 12.9. The van der Waals surface area contributed by atoms with Crippen molar-refractivity contribution in [3.05, 3.63) is 59.0 Å². The van der Waals surface area contributed by atoms with Crippen molar-refractivity contribution in [3.63, 3.8) is 0 Å². The van der Waals surface area contributed by atoms with Crippen LogP contribution in [0.2, 0.25) is 5.02 Å². The van der Waals surface area contributed by atoms with Crippen LogP contribution < -0.4 is 0 Å². The molecule has 5 aromatic rings. The van der Waals surface area contributed by atoms with Gasteiger partial charge in [0.2, 0.25) is 0 Å². The van der Waals surface area contributed by atoms with Crippen molar-refractivity contribution in [3.8, 4) is 22.4 Å². The fourth-order valence-corrected chi connectivity index (χ4v) is 7.71. The van der Waals surface area contributed by atoms with Crippen LogP contribution in [0.4, 0.5) is 4.79 Å². The molecule has 1 N–H and O–H groups in total. The van der Waals surface area contributed by atoms with Crippen LogP contribution in [0.15, 0.2) is 42.7 Å². The number of aromatic nitrogens is 6. The summed E-state index contributed by atoms with van der Waals surface area (Å²) in [6.07, 6.45) is 7.60. The molecule has 10 nitrogen and oxygen atoms in total. The molecule has 8 rings (SSSR count). The van der Waals surface area contributed by atoms with Crippen LogP contribution in [0.5, 0.6) is 0 Å². The molecule has 2 saturated heterocycles. The first-order chi connectivity index (χ1) is 20.8. The van der Waals surface area contributed by atoms with Gasteiger partial charge in [-0.1, -0.05) is 17.7 Å². The van der Waals surface area contributed by atoms with Crippen LogP contribution in [0, 0.1) is 19.3 Å². The third kappa shape index (κ3) is 4.14. The van der Waals surface area contributed by atoms with Crippen LogP contribution in [0.1, 0.15) is 55.6 Å². The molecule has 1 saturated carbocycles. The minimum Gasteiger partial charge on any atom is -0.465 e. The average Bonchev–Trinajstić information content (AvgIpc) is 3.53. The predicted octanol–water partition coefficient (Wildman–Crippen LogP) is 6.79. The monoisotopic (exact) mass is 597 g/mol. The highest BCUT2D eigenvalue weighted by Crippen LogP contribution is 2.55. The number of hydrogen-bond acceptors (Lipinski definition) is 6. The van der Waals surface area contributed by atoms with Crippen molar-refractivity contribution in [1.29, 1.82) is 0 Å². The number of benzene rings is 2. The van der Waals surface area contributed by atoms with Crippen LogP contribution in [-0.4, -0.2) is 65.6 Å². The molecule has 3 fully saturated rings. The number of halogens is 1. The largest absolute Gasteiger partial charge is 0.465 e. The Kier molecular flexibility index (Phi) is 6.03. The van der Waals surface area contributed by atoms with Gasteiger partial charge in [0.25, 0.3) is 0 Å². The van der Waals surface area contributed by atoms with E-state index in [0.29, 0.717) is 18.1 Å². The number of amides is 1. The van der Waals surface area contributed by atoms with E-state index in [0.717, 1.165) is 94.2 Å². The summed E-state index contributed by atoms with van der Waals surface area (Å²) in [7, 11) is 0. The molecule has 11 heteroatoms. The van der Waals surface area contributed by atoms with Crippen molar-refractivity contribution in [2.75, 3.05) is 19.7 Å². The average molecular weight is 598 g/mol. The Morgan fingerprint density at radius 1 is 1.09 bits per heavy atom. The molecule has 3 aliphatic rings. The zero-order valence-electron chi connectivity index (χ0n) is 24.1. The summed E-state index contributed by atoms with van der Waals surface area (Å²) >= 11 is 7.20. The van der Waals surface area contributed by atoms with Crippen LogP contribution in [0.25, 0.3) is 44.2 Å². The minimum absolute atomic E-state index is 0.0543. The van der Waals surface area contributed by atoms with Crippen molar-refractivity contribution < 1.29 is 14.6 Å². The second kappa shape index (κ2) is 9.75. The van der Waals surface area contributed by atoms with Crippen molar-refractivity contribution in [2.45, 2.75) is 58.2 Å². The number of rotatable bonds is 4. The van der Waals surface area contributed by atoms with Gasteiger partial charge in [0.05, 0.1) is 34.5 Å². The number of carbonyl (C=O) groups is 1. The van der Waals surface area contributed by atoms with Gasteiger partial charge in [-0.15, -0.1) is 0 Å². The molecule has 43 heavy (non-hydrogen) atoms. The quantitative estimate of drug-likeness (QED) is 0.243. The van der Waals surface area contributed by atoms with Crippen LogP contribution in [-0.2, 0) is 4.74 Å². The highest BCUT2D eigenvalue weighted by molar-refractivity contribution is 6.36. The fourth-order valence-electron chi connectivity index (χ4n) is 7.46. The summed E-state index contributed by atoms with van der Waals surface area (Å²) < 4.78 is 10.3. The van der Waals surface area contributed by atoms with Gasteiger partial charge in [0, 0.05) is 58.3 Å². The molecule has 1 atom stereocenters. The first kappa shape index (κ1) is 26.6. The van der Waals surface area contributed by atoms with Gasteiger partial charge in [0.15, 0.2) is 6.23 Å². The first-order valence-electron chi connectivity index (χ1n) is 14.9. The van der Waals surface area contributed by atoms with Gasteiger partial charge in [-0.3, -0.25) is 4.68 Å². The summed E-state index contributed by atoms with van der Waals surface area (Å²) in [5.74, 6) is 0. The fraction of sp³-hybridized carbons (Fsp3) is 0.406.